The molecule has 5 aromatic rings. The lowest BCUT2D eigenvalue weighted by Gasteiger charge is -2.24. The highest BCUT2D eigenvalue weighted by molar-refractivity contribution is 6.42. The standard InChI is InChI=1S/C39H41Cl2F2N5O2/c1-4-16-47(17-5-2)29-11-8-27(9-12-29)38-45-36-22-28(10-15-37(36)48(38)23-26-7-14-32(42)33(43)20-26)35(18-24(3)49)46-39(50)34(44)21-25-6-13-30(40)31(41)19-25/h6-15,19-20,22,34-35H,4-5,16-18,21,23,44H2,1-3H3,(H,46,50)/t34-,35?/m0/s1. The molecule has 0 aliphatic carbocycles. The minimum atomic E-state index is -0.924. The summed E-state index contributed by atoms with van der Waals surface area (Å²) in [5, 5.41) is 3.73. The monoisotopic (exact) mass is 719 g/mol. The Bertz CT molecular complexity index is 1980. The van der Waals surface area contributed by atoms with Crippen LogP contribution >= 0.6 is 23.2 Å². The lowest BCUT2D eigenvalue weighted by Crippen LogP contribution is -2.43. The van der Waals surface area contributed by atoms with E-state index in [1.165, 1.54) is 13.0 Å². The fraction of sp³-hybridized carbons (Fsp3) is 0.308. The van der Waals surface area contributed by atoms with Crippen molar-refractivity contribution in [2.75, 3.05) is 18.0 Å². The molecule has 1 amide bonds. The molecule has 262 valence electrons. The highest BCUT2D eigenvalue weighted by Gasteiger charge is 2.23. The molecule has 0 saturated carbocycles. The first-order valence-electron chi connectivity index (χ1n) is 16.8. The van der Waals surface area contributed by atoms with Gasteiger partial charge in [0, 0.05) is 37.3 Å². The molecule has 1 aromatic heterocycles. The molecule has 1 heterocycles. The van der Waals surface area contributed by atoms with E-state index in [2.05, 4.69) is 36.2 Å². The van der Waals surface area contributed by atoms with Crippen molar-refractivity contribution in [2.24, 2.45) is 5.73 Å². The Morgan fingerprint density at radius 2 is 1.58 bits per heavy atom. The summed E-state index contributed by atoms with van der Waals surface area (Å²) in [5.74, 6) is -1.73. The van der Waals surface area contributed by atoms with Gasteiger partial charge in [0.05, 0.1) is 33.2 Å². The number of halogens is 4. The second-order valence-corrected chi connectivity index (χ2v) is 13.4. The second-order valence-electron chi connectivity index (χ2n) is 12.6. The highest BCUT2D eigenvalue weighted by Crippen LogP contribution is 2.31. The molecule has 2 atom stereocenters. The van der Waals surface area contributed by atoms with Gasteiger partial charge in [0.2, 0.25) is 5.91 Å². The summed E-state index contributed by atoms with van der Waals surface area (Å²) in [7, 11) is 0. The molecule has 5 rings (SSSR count). The van der Waals surface area contributed by atoms with E-state index in [1.807, 2.05) is 34.9 Å². The zero-order chi connectivity index (χ0) is 35.9. The van der Waals surface area contributed by atoms with Crippen molar-refractivity contribution in [3.05, 3.63) is 117 Å². The van der Waals surface area contributed by atoms with E-state index < -0.39 is 29.6 Å². The number of carbonyl (C=O) groups is 2. The van der Waals surface area contributed by atoms with Crippen LogP contribution in [0.2, 0.25) is 10.0 Å². The molecule has 0 saturated heterocycles. The lowest BCUT2D eigenvalue weighted by molar-refractivity contribution is -0.123. The largest absolute Gasteiger partial charge is 0.372 e. The van der Waals surface area contributed by atoms with Crippen molar-refractivity contribution in [1.82, 2.24) is 14.9 Å². The number of nitrogens with two attached hydrogens (primary N) is 1. The molecule has 0 bridgehead atoms. The maximum atomic E-state index is 14.3. The number of carbonyl (C=O) groups excluding carboxylic acids is 2. The molecule has 1 unspecified atom stereocenters. The van der Waals surface area contributed by atoms with Gasteiger partial charge >= 0.3 is 0 Å². The molecule has 11 heteroatoms. The minimum Gasteiger partial charge on any atom is -0.372 e. The third-order valence-electron chi connectivity index (χ3n) is 8.56. The number of Topliss-reactive ketones (excluding diaryl/α,β-unsaturated/α-hetero) is 1. The molecule has 50 heavy (non-hydrogen) atoms. The summed E-state index contributed by atoms with van der Waals surface area (Å²) < 4.78 is 30.0. The molecule has 7 nitrogen and oxygen atoms in total. The van der Waals surface area contributed by atoms with E-state index in [-0.39, 0.29) is 25.2 Å². The van der Waals surface area contributed by atoms with Crippen LogP contribution in [0.15, 0.2) is 78.9 Å². The van der Waals surface area contributed by atoms with Gasteiger partial charge in [-0.2, -0.15) is 0 Å². The fourth-order valence-corrected chi connectivity index (χ4v) is 6.45. The Morgan fingerprint density at radius 1 is 0.880 bits per heavy atom. The number of amides is 1. The Balaban J connectivity index is 1.50. The van der Waals surface area contributed by atoms with Gasteiger partial charge in [0.25, 0.3) is 0 Å². The molecule has 0 fully saturated rings. The molecular weight excluding hydrogens is 679 g/mol. The zero-order valence-corrected chi connectivity index (χ0v) is 29.9. The number of aromatic nitrogens is 2. The Morgan fingerprint density at radius 3 is 2.22 bits per heavy atom. The van der Waals surface area contributed by atoms with Crippen molar-refractivity contribution in [1.29, 1.82) is 0 Å². The Labute approximate surface area is 301 Å². The SMILES string of the molecule is CCCN(CCC)c1ccc(-c2nc3cc(C(CC(C)=O)NC(=O)[C@@H](N)Cc4ccc(Cl)c(Cl)c4)ccc3n2Cc2ccc(F)c(F)c2)cc1. The molecule has 0 spiro atoms. The minimum absolute atomic E-state index is 0.0483. The quantitative estimate of drug-likeness (QED) is 0.113. The first kappa shape index (κ1) is 37.0. The number of nitrogens with zero attached hydrogens (tertiary/aromatic N) is 3. The van der Waals surface area contributed by atoms with E-state index in [9.17, 15) is 18.4 Å². The fourth-order valence-electron chi connectivity index (χ4n) is 6.13. The van der Waals surface area contributed by atoms with Gasteiger partial charge in [-0.25, -0.2) is 13.8 Å². The summed E-state index contributed by atoms with van der Waals surface area (Å²) in [6.07, 6.45) is 2.33. The van der Waals surface area contributed by atoms with Gasteiger partial charge in [0.15, 0.2) is 11.6 Å². The average Bonchev–Trinajstić information content (AvgIpc) is 3.44. The van der Waals surface area contributed by atoms with Gasteiger partial charge in [-0.15, -0.1) is 0 Å². The third-order valence-corrected chi connectivity index (χ3v) is 9.30. The highest BCUT2D eigenvalue weighted by atomic mass is 35.5. The van der Waals surface area contributed by atoms with Crippen molar-refractivity contribution < 1.29 is 18.4 Å². The van der Waals surface area contributed by atoms with Crippen LogP contribution < -0.4 is 16.0 Å². The topological polar surface area (TPSA) is 93.2 Å². The van der Waals surface area contributed by atoms with Crippen LogP contribution in [0.3, 0.4) is 0 Å². The molecule has 4 aromatic carbocycles. The number of hydrogen-bond acceptors (Lipinski definition) is 5. The first-order valence-corrected chi connectivity index (χ1v) is 17.5. The number of ketones is 1. The van der Waals surface area contributed by atoms with Crippen LogP contribution in [-0.4, -0.2) is 40.4 Å². The van der Waals surface area contributed by atoms with E-state index >= 15 is 0 Å². The molecule has 0 radical (unpaired) electrons. The van der Waals surface area contributed by atoms with Crippen LogP contribution in [0, 0.1) is 11.6 Å². The van der Waals surface area contributed by atoms with Crippen LogP contribution in [0.5, 0.6) is 0 Å². The average molecular weight is 721 g/mol. The number of imidazole rings is 1. The summed E-state index contributed by atoms with van der Waals surface area (Å²) in [4.78, 5) is 33.0. The maximum Gasteiger partial charge on any atom is 0.237 e. The van der Waals surface area contributed by atoms with Gasteiger partial charge in [-0.05, 0) is 104 Å². The number of hydrogen-bond donors (Lipinski definition) is 2. The van der Waals surface area contributed by atoms with Gasteiger partial charge in [-0.3, -0.25) is 9.59 Å². The molecule has 0 aliphatic rings. The maximum absolute atomic E-state index is 14.3. The van der Waals surface area contributed by atoms with Crippen LogP contribution in [-0.2, 0) is 22.6 Å². The predicted octanol–water partition coefficient (Wildman–Crippen LogP) is 8.67. The van der Waals surface area contributed by atoms with Crippen LogP contribution in [0.4, 0.5) is 14.5 Å². The number of fused-ring (bicyclic) bond motifs is 1. The summed E-state index contributed by atoms with van der Waals surface area (Å²) in [6, 6.07) is 21.1. The van der Waals surface area contributed by atoms with Crippen LogP contribution in [0.25, 0.3) is 22.4 Å². The third kappa shape index (κ3) is 8.88. The van der Waals surface area contributed by atoms with E-state index in [0.717, 1.165) is 54.3 Å². The van der Waals surface area contributed by atoms with Gasteiger partial charge in [-0.1, -0.05) is 55.2 Å². The molecule has 0 aliphatic heterocycles. The molecular formula is C39H41Cl2F2N5O2. The summed E-state index contributed by atoms with van der Waals surface area (Å²) >= 11 is 12.2. The van der Waals surface area contributed by atoms with Crippen molar-refractivity contribution >= 4 is 51.6 Å². The van der Waals surface area contributed by atoms with Crippen LogP contribution in [0.1, 0.15) is 62.8 Å². The van der Waals surface area contributed by atoms with Crippen molar-refractivity contribution in [3.63, 3.8) is 0 Å². The van der Waals surface area contributed by atoms with E-state index in [0.29, 0.717) is 32.5 Å². The molecule has 3 N–H and O–H groups in total. The number of rotatable bonds is 15. The number of nitrogens with one attached hydrogen (secondary N) is 1. The van der Waals surface area contributed by atoms with Crippen molar-refractivity contribution in [3.8, 4) is 11.4 Å². The van der Waals surface area contributed by atoms with E-state index in [1.54, 1.807) is 24.3 Å². The van der Waals surface area contributed by atoms with Gasteiger partial charge < -0.3 is 20.5 Å². The second kappa shape index (κ2) is 16.6. The Hall–Kier alpha value is -4.31. The van der Waals surface area contributed by atoms with E-state index in [4.69, 9.17) is 33.9 Å². The summed E-state index contributed by atoms with van der Waals surface area (Å²) in [5.41, 5.74) is 11.6. The van der Waals surface area contributed by atoms with Gasteiger partial charge in [0.1, 0.15) is 11.6 Å². The lowest BCUT2D eigenvalue weighted by atomic mass is 9.99. The number of benzene rings is 4. The van der Waals surface area contributed by atoms with Crippen molar-refractivity contribution in [2.45, 2.75) is 65.1 Å². The smallest absolute Gasteiger partial charge is 0.237 e. The first-order chi connectivity index (χ1) is 24.0. The predicted molar refractivity (Wildman–Crippen MR) is 198 cm³/mol. The number of anilines is 1. The Kier molecular flexibility index (Phi) is 12.3. The normalized spacial score (nSPS) is 12.6. The summed E-state index contributed by atoms with van der Waals surface area (Å²) in [6.45, 7) is 7.91. The zero-order valence-electron chi connectivity index (χ0n) is 28.4.